The highest BCUT2D eigenvalue weighted by Crippen LogP contribution is 2.31. The SMILES string of the molecule is O=[N+]([O-])c1ccc(OCCCCCCO)c2cccnc12. The first-order valence-electron chi connectivity index (χ1n) is 7.00. The fraction of sp³-hybridized carbons (Fsp3) is 0.400. The number of fused-ring (bicyclic) bond motifs is 1. The van der Waals surface area contributed by atoms with Crippen molar-refractivity contribution < 1.29 is 14.8 Å². The van der Waals surface area contributed by atoms with Crippen molar-refractivity contribution in [3.05, 3.63) is 40.6 Å². The number of aliphatic hydroxyl groups is 1. The van der Waals surface area contributed by atoms with Crippen molar-refractivity contribution in [3.63, 3.8) is 0 Å². The second kappa shape index (κ2) is 7.54. The van der Waals surface area contributed by atoms with E-state index in [4.69, 9.17) is 9.84 Å². The molecule has 1 aromatic heterocycles. The van der Waals surface area contributed by atoms with Crippen LogP contribution in [0.5, 0.6) is 5.75 Å². The Morgan fingerprint density at radius 3 is 2.76 bits per heavy atom. The smallest absolute Gasteiger partial charge is 0.295 e. The van der Waals surface area contributed by atoms with Gasteiger partial charge in [-0.2, -0.15) is 0 Å². The Morgan fingerprint density at radius 1 is 1.19 bits per heavy atom. The van der Waals surface area contributed by atoms with Crippen molar-refractivity contribution in [1.29, 1.82) is 0 Å². The summed E-state index contributed by atoms with van der Waals surface area (Å²) in [6.07, 6.45) is 5.20. The van der Waals surface area contributed by atoms with Gasteiger partial charge < -0.3 is 9.84 Å². The summed E-state index contributed by atoms with van der Waals surface area (Å²) < 4.78 is 5.71. The van der Waals surface area contributed by atoms with Gasteiger partial charge in [0, 0.05) is 24.3 Å². The fourth-order valence-corrected chi connectivity index (χ4v) is 2.15. The van der Waals surface area contributed by atoms with E-state index in [1.165, 1.54) is 12.3 Å². The molecule has 1 heterocycles. The van der Waals surface area contributed by atoms with E-state index in [1.54, 1.807) is 18.2 Å². The number of pyridine rings is 1. The summed E-state index contributed by atoms with van der Waals surface area (Å²) in [6, 6.07) is 6.56. The van der Waals surface area contributed by atoms with E-state index in [-0.39, 0.29) is 12.3 Å². The second-order valence-corrected chi connectivity index (χ2v) is 4.73. The van der Waals surface area contributed by atoms with Gasteiger partial charge in [0.05, 0.1) is 11.5 Å². The summed E-state index contributed by atoms with van der Waals surface area (Å²) in [5.74, 6) is 0.617. The van der Waals surface area contributed by atoms with E-state index in [1.807, 2.05) is 0 Å². The van der Waals surface area contributed by atoms with Gasteiger partial charge in [0.15, 0.2) is 5.52 Å². The third kappa shape index (κ3) is 3.88. The van der Waals surface area contributed by atoms with Gasteiger partial charge in [-0.3, -0.25) is 10.1 Å². The zero-order chi connectivity index (χ0) is 15.1. The molecule has 21 heavy (non-hydrogen) atoms. The number of nitrogens with zero attached hydrogens (tertiary/aromatic N) is 2. The number of aliphatic hydroxyl groups excluding tert-OH is 1. The van der Waals surface area contributed by atoms with Crippen LogP contribution in [-0.2, 0) is 0 Å². The summed E-state index contributed by atoms with van der Waals surface area (Å²) in [5, 5.41) is 20.3. The summed E-state index contributed by atoms with van der Waals surface area (Å²) in [7, 11) is 0. The van der Waals surface area contributed by atoms with Crippen LogP contribution in [-0.4, -0.2) is 28.2 Å². The quantitative estimate of drug-likeness (QED) is 0.458. The highest BCUT2D eigenvalue weighted by atomic mass is 16.6. The predicted molar refractivity (Wildman–Crippen MR) is 79.4 cm³/mol. The number of ether oxygens (including phenoxy) is 1. The van der Waals surface area contributed by atoms with E-state index in [0.29, 0.717) is 23.3 Å². The molecule has 0 saturated heterocycles. The Balaban J connectivity index is 2.07. The number of rotatable bonds is 8. The first-order valence-corrected chi connectivity index (χ1v) is 7.00. The third-order valence-corrected chi connectivity index (χ3v) is 3.22. The summed E-state index contributed by atoms with van der Waals surface area (Å²) >= 11 is 0. The first kappa shape index (κ1) is 15.2. The van der Waals surface area contributed by atoms with Crippen LogP contribution in [0.2, 0.25) is 0 Å². The van der Waals surface area contributed by atoms with E-state index in [9.17, 15) is 10.1 Å². The summed E-state index contributed by atoms with van der Waals surface area (Å²) in [4.78, 5) is 14.6. The molecule has 0 atom stereocenters. The molecule has 6 nitrogen and oxygen atoms in total. The molecule has 0 saturated carbocycles. The van der Waals surface area contributed by atoms with Crippen LogP contribution in [0.15, 0.2) is 30.5 Å². The van der Waals surface area contributed by atoms with Crippen LogP contribution in [0.3, 0.4) is 0 Å². The van der Waals surface area contributed by atoms with E-state index < -0.39 is 4.92 Å². The molecule has 2 aromatic rings. The number of non-ortho nitro benzene ring substituents is 1. The van der Waals surface area contributed by atoms with E-state index in [2.05, 4.69) is 4.98 Å². The Hall–Kier alpha value is -2.21. The molecule has 0 aliphatic rings. The Morgan fingerprint density at radius 2 is 2.00 bits per heavy atom. The molecule has 1 N–H and O–H groups in total. The van der Waals surface area contributed by atoms with Gasteiger partial charge >= 0.3 is 0 Å². The molecule has 0 aliphatic carbocycles. The maximum absolute atomic E-state index is 11.0. The van der Waals surface area contributed by atoms with Gasteiger partial charge in [-0.05, 0) is 37.5 Å². The predicted octanol–water partition coefficient (Wildman–Crippen LogP) is 3.07. The topological polar surface area (TPSA) is 85.5 Å². The maximum atomic E-state index is 11.0. The van der Waals surface area contributed by atoms with Crippen molar-refractivity contribution in [1.82, 2.24) is 4.98 Å². The molecular weight excluding hydrogens is 272 g/mol. The lowest BCUT2D eigenvalue weighted by molar-refractivity contribution is -0.383. The summed E-state index contributed by atoms with van der Waals surface area (Å²) in [5.41, 5.74) is 0.334. The minimum atomic E-state index is -0.437. The normalized spacial score (nSPS) is 10.7. The van der Waals surface area contributed by atoms with Gasteiger partial charge in [0.2, 0.25) is 0 Å². The first-order chi connectivity index (χ1) is 10.2. The zero-order valence-electron chi connectivity index (χ0n) is 11.7. The number of hydrogen-bond donors (Lipinski definition) is 1. The van der Waals surface area contributed by atoms with Gasteiger partial charge in [-0.25, -0.2) is 4.98 Å². The van der Waals surface area contributed by atoms with Gasteiger partial charge in [-0.15, -0.1) is 0 Å². The Labute approximate surface area is 122 Å². The number of benzene rings is 1. The fourth-order valence-electron chi connectivity index (χ4n) is 2.15. The Kier molecular flexibility index (Phi) is 5.45. The molecular formula is C15H18N2O4. The van der Waals surface area contributed by atoms with E-state index in [0.717, 1.165) is 25.7 Å². The van der Waals surface area contributed by atoms with Gasteiger partial charge in [0.25, 0.3) is 5.69 Å². The highest BCUT2D eigenvalue weighted by molar-refractivity contribution is 5.91. The molecule has 0 spiro atoms. The summed E-state index contributed by atoms with van der Waals surface area (Å²) in [6.45, 7) is 0.771. The largest absolute Gasteiger partial charge is 0.493 e. The molecule has 0 amide bonds. The zero-order valence-corrected chi connectivity index (χ0v) is 11.7. The lowest BCUT2D eigenvalue weighted by atomic mass is 10.1. The average Bonchev–Trinajstić information content (AvgIpc) is 2.50. The molecule has 0 aliphatic heterocycles. The van der Waals surface area contributed by atoms with Crippen molar-refractivity contribution in [3.8, 4) is 5.75 Å². The number of nitro groups is 1. The lowest BCUT2D eigenvalue weighted by Crippen LogP contribution is -2.00. The lowest BCUT2D eigenvalue weighted by Gasteiger charge is -2.09. The monoisotopic (exact) mass is 290 g/mol. The van der Waals surface area contributed by atoms with Crippen LogP contribution in [0.4, 0.5) is 5.69 Å². The molecule has 112 valence electrons. The van der Waals surface area contributed by atoms with Crippen molar-refractivity contribution in [2.24, 2.45) is 0 Å². The van der Waals surface area contributed by atoms with Crippen molar-refractivity contribution in [2.75, 3.05) is 13.2 Å². The second-order valence-electron chi connectivity index (χ2n) is 4.73. The van der Waals surface area contributed by atoms with Crippen LogP contribution in [0.25, 0.3) is 10.9 Å². The molecule has 6 heteroatoms. The Bertz CT molecular complexity index is 616. The number of nitro benzene ring substituents is 1. The minimum Gasteiger partial charge on any atom is -0.493 e. The van der Waals surface area contributed by atoms with Crippen LogP contribution >= 0.6 is 0 Å². The van der Waals surface area contributed by atoms with E-state index >= 15 is 0 Å². The molecule has 0 fully saturated rings. The van der Waals surface area contributed by atoms with Crippen LogP contribution < -0.4 is 4.74 Å². The highest BCUT2D eigenvalue weighted by Gasteiger charge is 2.15. The molecule has 0 radical (unpaired) electrons. The van der Waals surface area contributed by atoms with Gasteiger partial charge in [0.1, 0.15) is 5.75 Å². The third-order valence-electron chi connectivity index (χ3n) is 3.22. The van der Waals surface area contributed by atoms with Crippen LogP contribution in [0, 0.1) is 10.1 Å². The number of hydrogen-bond acceptors (Lipinski definition) is 5. The molecule has 0 bridgehead atoms. The maximum Gasteiger partial charge on any atom is 0.295 e. The van der Waals surface area contributed by atoms with Crippen molar-refractivity contribution in [2.45, 2.75) is 25.7 Å². The van der Waals surface area contributed by atoms with Crippen LogP contribution in [0.1, 0.15) is 25.7 Å². The number of unbranched alkanes of at least 4 members (excludes halogenated alkanes) is 3. The molecule has 2 rings (SSSR count). The molecule has 0 unspecified atom stereocenters. The van der Waals surface area contributed by atoms with Crippen molar-refractivity contribution >= 4 is 16.6 Å². The van der Waals surface area contributed by atoms with Gasteiger partial charge in [-0.1, -0.05) is 6.42 Å². The number of aromatic nitrogens is 1. The standard InChI is InChI=1S/C15H18N2O4/c18-10-3-1-2-4-11-21-14-8-7-13(17(19)20)15-12(14)6-5-9-16-15/h5-9,18H,1-4,10-11H2. The minimum absolute atomic E-state index is 0.0131. The molecule has 1 aromatic carbocycles. The average molecular weight is 290 g/mol.